The molecule has 4 N–H and O–H groups in total. The van der Waals surface area contributed by atoms with Crippen LogP contribution in [0.25, 0.3) is 0 Å². The van der Waals surface area contributed by atoms with E-state index in [4.69, 9.17) is 11.1 Å². The molecule has 0 aromatic heterocycles. The molecule has 1 aromatic rings. The number of aliphatic hydroxyl groups is 1. The molecular weight excluding hydrogens is 257 g/mol. The maximum absolute atomic E-state index is 14.0. The van der Waals surface area contributed by atoms with Crippen LogP contribution in [0.4, 0.5) is 4.39 Å². The van der Waals surface area contributed by atoms with Crippen molar-refractivity contribution in [2.45, 2.75) is 25.5 Å². The van der Waals surface area contributed by atoms with Gasteiger partial charge in [0.1, 0.15) is 11.7 Å². The first-order valence-electron chi connectivity index (χ1n) is 7.08. The zero-order chi connectivity index (χ0) is 14.3. The van der Waals surface area contributed by atoms with Crippen molar-refractivity contribution in [1.29, 1.82) is 5.41 Å². The number of benzene rings is 1. The molecule has 3 atom stereocenters. The molecule has 1 saturated carbocycles. The Morgan fingerprint density at radius 3 is 2.85 bits per heavy atom. The van der Waals surface area contributed by atoms with Crippen molar-refractivity contribution in [2.75, 3.05) is 13.1 Å². The lowest BCUT2D eigenvalue weighted by Gasteiger charge is -2.18. The van der Waals surface area contributed by atoms with E-state index in [1.165, 1.54) is 6.07 Å². The Labute approximate surface area is 117 Å². The molecule has 3 rings (SSSR count). The lowest BCUT2D eigenvalue weighted by atomic mass is 10.00. The van der Waals surface area contributed by atoms with Gasteiger partial charge in [0.05, 0.1) is 6.10 Å². The number of halogens is 1. The summed E-state index contributed by atoms with van der Waals surface area (Å²) < 4.78 is 14.0. The van der Waals surface area contributed by atoms with E-state index in [-0.39, 0.29) is 17.8 Å². The number of hydrogen-bond donors (Lipinski definition) is 3. The smallest absolute Gasteiger partial charge is 0.128 e. The number of nitrogens with two attached hydrogens (primary N) is 1. The van der Waals surface area contributed by atoms with Crippen molar-refractivity contribution in [1.82, 2.24) is 4.90 Å². The zero-order valence-electron chi connectivity index (χ0n) is 11.3. The van der Waals surface area contributed by atoms with Gasteiger partial charge < -0.3 is 10.8 Å². The van der Waals surface area contributed by atoms with Crippen LogP contribution in [-0.4, -0.2) is 35.0 Å². The van der Waals surface area contributed by atoms with Gasteiger partial charge >= 0.3 is 0 Å². The summed E-state index contributed by atoms with van der Waals surface area (Å²) >= 11 is 0. The van der Waals surface area contributed by atoms with Gasteiger partial charge in [-0.1, -0.05) is 12.1 Å². The fourth-order valence-corrected chi connectivity index (χ4v) is 3.54. The van der Waals surface area contributed by atoms with Gasteiger partial charge in [0.15, 0.2) is 0 Å². The molecule has 20 heavy (non-hydrogen) atoms. The van der Waals surface area contributed by atoms with E-state index in [0.29, 0.717) is 29.5 Å². The highest BCUT2D eigenvalue weighted by molar-refractivity contribution is 5.94. The lowest BCUT2D eigenvalue weighted by molar-refractivity contribution is 0.123. The Balaban J connectivity index is 1.68. The quantitative estimate of drug-likeness (QED) is 0.576. The number of rotatable bonds is 3. The summed E-state index contributed by atoms with van der Waals surface area (Å²) in [5.74, 6) is 0.490. The highest BCUT2D eigenvalue weighted by Crippen LogP contribution is 2.38. The first-order chi connectivity index (χ1) is 9.54. The molecule has 108 valence electrons. The van der Waals surface area contributed by atoms with Crippen molar-refractivity contribution in [3.8, 4) is 0 Å². The van der Waals surface area contributed by atoms with Crippen LogP contribution < -0.4 is 5.73 Å². The Kier molecular flexibility index (Phi) is 3.48. The van der Waals surface area contributed by atoms with Crippen LogP contribution in [0.15, 0.2) is 18.2 Å². The van der Waals surface area contributed by atoms with Crippen LogP contribution in [0.2, 0.25) is 0 Å². The number of amidine groups is 1. The van der Waals surface area contributed by atoms with Gasteiger partial charge in [-0.05, 0) is 24.8 Å². The first-order valence-corrected chi connectivity index (χ1v) is 7.08. The van der Waals surface area contributed by atoms with Gasteiger partial charge in [-0.15, -0.1) is 0 Å². The lowest BCUT2D eigenvalue weighted by Crippen LogP contribution is -2.25. The van der Waals surface area contributed by atoms with Gasteiger partial charge in [-0.2, -0.15) is 0 Å². The number of nitrogen functional groups attached to an aromatic ring is 1. The van der Waals surface area contributed by atoms with E-state index in [2.05, 4.69) is 4.90 Å². The van der Waals surface area contributed by atoms with Crippen LogP contribution in [0.3, 0.4) is 0 Å². The van der Waals surface area contributed by atoms with Gasteiger partial charge in [0.25, 0.3) is 0 Å². The third-order valence-electron chi connectivity index (χ3n) is 4.65. The monoisotopic (exact) mass is 277 g/mol. The third kappa shape index (κ3) is 2.43. The van der Waals surface area contributed by atoms with Crippen LogP contribution in [0, 0.1) is 23.1 Å². The molecule has 0 spiro atoms. The normalized spacial score (nSPS) is 29.6. The van der Waals surface area contributed by atoms with Crippen molar-refractivity contribution in [2.24, 2.45) is 17.6 Å². The van der Waals surface area contributed by atoms with Crippen LogP contribution in [0.5, 0.6) is 0 Å². The molecule has 1 saturated heterocycles. The zero-order valence-corrected chi connectivity index (χ0v) is 11.3. The highest BCUT2D eigenvalue weighted by atomic mass is 19.1. The van der Waals surface area contributed by atoms with Crippen LogP contribution >= 0.6 is 0 Å². The standard InChI is InChI=1S/C15H20FN3O/c16-13-5-9(15(17)18)1-2-11(13)7-19-6-10-3-4-14(20)12(10)8-19/h1-2,5,10,12,14,20H,3-4,6-8H2,(H3,17,18). The second-order valence-corrected chi connectivity index (χ2v) is 5.98. The highest BCUT2D eigenvalue weighted by Gasteiger charge is 2.41. The molecule has 5 heteroatoms. The average molecular weight is 277 g/mol. The van der Waals surface area contributed by atoms with E-state index < -0.39 is 0 Å². The molecule has 1 aliphatic heterocycles. The summed E-state index contributed by atoms with van der Waals surface area (Å²) in [5, 5.41) is 17.2. The average Bonchev–Trinajstić information content (AvgIpc) is 2.94. The largest absolute Gasteiger partial charge is 0.393 e. The molecule has 2 aliphatic rings. The number of likely N-dealkylation sites (tertiary alicyclic amines) is 1. The Bertz CT molecular complexity index is 534. The topological polar surface area (TPSA) is 73.3 Å². The minimum Gasteiger partial charge on any atom is -0.393 e. The minimum atomic E-state index is -0.310. The van der Waals surface area contributed by atoms with E-state index in [1.54, 1.807) is 12.1 Å². The van der Waals surface area contributed by atoms with Gasteiger partial charge in [-0.3, -0.25) is 10.3 Å². The second-order valence-electron chi connectivity index (χ2n) is 5.98. The summed E-state index contributed by atoms with van der Waals surface area (Å²) in [5.41, 5.74) is 6.40. The van der Waals surface area contributed by atoms with Crippen LogP contribution in [0.1, 0.15) is 24.0 Å². The van der Waals surface area contributed by atoms with E-state index in [0.717, 1.165) is 25.9 Å². The molecule has 0 bridgehead atoms. The molecule has 1 aliphatic carbocycles. The minimum absolute atomic E-state index is 0.116. The fraction of sp³-hybridized carbons (Fsp3) is 0.533. The summed E-state index contributed by atoms with van der Waals surface area (Å²) in [6, 6.07) is 4.71. The molecular formula is C15H20FN3O. The maximum Gasteiger partial charge on any atom is 0.128 e. The molecule has 4 nitrogen and oxygen atoms in total. The van der Waals surface area contributed by atoms with Crippen molar-refractivity contribution in [3.63, 3.8) is 0 Å². The Morgan fingerprint density at radius 1 is 1.40 bits per heavy atom. The van der Waals surface area contributed by atoms with E-state index >= 15 is 0 Å². The van der Waals surface area contributed by atoms with E-state index in [9.17, 15) is 9.50 Å². The number of aliphatic hydroxyl groups excluding tert-OH is 1. The molecule has 1 heterocycles. The number of fused-ring (bicyclic) bond motifs is 1. The van der Waals surface area contributed by atoms with E-state index in [1.807, 2.05) is 0 Å². The third-order valence-corrected chi connectivity index (χ3v) is 4.65. The van der Waals surface area contributed by atoms with Gasteiger partial charge in [-0.25, -0.2) is 4.39 Å². The van der Waals surface area contributed by atoms with Gasteiger partial charge in [0.2, 0.25) is 0 Å². The molecule has 3 unspecified atom stereocenters. The molecule has 0 amide bonds. The number of hydrogen-bond acceptors (Lipinski definition) is 3. The molecule has 2 fully saturated rings. The number of nitrogens with one attached hydrogen (secondary N) is 1. The van der Waals surface area contributed by atoms with Crippen molar-refractivity contribution < 1.29 is 9.50 Å². The summed E-state index contributed by atoms with van der Waals surface area (Å²) in [6.07, 6.45) is 1.80. The molecule has 1 aromatic carbocycles. The first kappa shape index (κ1) is 13.5. The van der Waals surface area contributed by atoms with Crippen LogP contribution in [-0.2, 0) is 6.54 Å². The molecule has 0 radical (unpaired) electrons. The summed E-state index contributed by atoms with van der Waals surface area (Å²) in [7, 11) is 0. The summed E-state index contributed by atoms with van der Waals surface area (Å²) in [6.45, 7) is 2.35. The Morgan fingerprint density at radius 2 is 2.20 bits per heavy atom. The predicted molar refractivity (Wildman–Crippen MR) is 74.9 cm³/mol. The van der Waals surface area contributed by atoms with Crippen molar-refractivity contribution in [3.05, 3.63) is 35.1 Å². The number of nitrogens with zero attached hydrogens (tertiary/aromatic N) is 1. The SMILES string of the molecule is N=C(N)c1ccc(CN2CC3CCC(O)C3C2)c(F)c1. The Hall–Kier alpha value is -1.46. The van der Waals surface area contributed by atoms with Crippen molar-refractivity contribution >= 4 is 5.84 Å². The second kappa shape index (κ2) is 5.14. The predicted octanol–water partition coefficient (Wildman–Crippen LogP) is 1.31. The summed E-state index contributed by atoms with van der Waals surface area (Å²) in [4.78, 5) is 2.21. The maximum atomic E-state index is 14.0. The van der Waals surface area contributed by atoms with Gasteiger partial charge in [0, 0.05) is 36.7 Å². The fourth-order valence-electron chi connectivity index (χ4n) is 3.54.